The van der Waals surface area contributed by atoms with Gasteiger partial charge >= 0.3 is 0 Å². The molecule has 0 spiro atoms. The van der Waals surface area contributed by atoms with Gasteiger partial charge in [-0.15, -0.1) is 0 Å². The van der Waals surface area contributed by atoms with Gasteiger partial charge in [0.05, 0.1) is 7.11 Å². The van der Waals surface area contributed by atoms with Gasteiger partial charge in [-0.05, 0) is 36.8 Å². The Morgan fingerprint density at radius 3 is 2.45 bits per heavy atom. The third-order valence-electron chi connectivity index (χ3n) is 3.03. The molecule has 0 saturated carbocycles. The van der Waals surface area contributed by atoms with Crippen molar-refractivity contribution >= 4 is 23.0 Å². The number of pyridine rings is 1. The first kappa shape index (κ1) is 14.3. The van der Waals surface area contributed by atoms with Crippen LogP contribution in [0.1, 0.15) is 24.1 Å². The molecule has 20 heavy (non-hydrogen) atoms. The van der Waals surface area contributed by atoms with Gasteiger partial charge in [-0.2, -0.15) is 0 Å². The molecule has 0 radical (unpaired) electrons. The molecule has 1 heterocycles. The Bertz CT molecular complexity index is 581. The number of nitrogens with one attached hydrogen (secondary N) is 1. The fourth-order valence-corrected chi connectivity index (χ4v) is 1.94. The number of hydrogen-bond acceptors (Lipinski definition) is 4. The second-order valence-corrected chi connectivity index (χ2v) is 4.88. The fraction of sp³-hybridized carbons (Fsp3) is 0.200. The largest absolute Gasteiger partial charge is 0.497 e. The lowest BCUT2D eigenvalue weighted by molar-refractivity contribution is 0.414. The Balaban J connectivity index is 2.06. The molecule has 3 N–H and O–H groups in total. The highest BCUT2D eigenvalue weighted by Crippen LogP contribution is 2.20. The van der Waals surface area contributed by atoms with Gasteiger partial charge in [-0.3, -0.25) is 0 Å². The molecule has 1 aromatic carbocycles. The van der Waals surface area contributed by atoms with E-state index in [0.717, 1.165) is 22.7 Å². The number of methoxy groups -OCH3 is 1. The number of thiocarbonyl (C=S) groups is 1. The number of nitrogens with two attached hydrogens (primary N) is 1. The Hall–Kier alpha value is -2.14. The van der Waals surface area contributed by atoms with Crippen molar-refractivity contribution in [3.63, 3.8) is 0 Å². The van der Waals surface area contributed by atoms with E-state index in [1.165, 1.54) is 0 Å². The highest BCUT2D eigenvalue weighted by molar-refractivity contribution is 7.80. The number of rotatable bonds is 5. The SMILES string of the molecule is COc1ccc(C(C)Nc2ccc(C(N)=S)cn2)cc1. The lowest BCUT2D eigenvalue weighted by Crippen LogP contribution is -2.11. The zero-order valence-corrected chi connectivity index (χ0v) is 12.3. The first-order valence-corrected chi connectivity index (χ1v) is 6.67. The van der Waals surface area contributed by atoms with Crippen LogP contribution in [0.4, 0.5) is 5.82 Å². The van der Waals surface area contributed by atoms with Crippen molar-refractivity contribution in [2.75, 3.05) is 12.4 Å². The Morgan fingerprint density at radius 2 is 1.95 bits per heavy atom. The van der Waals surface area contributed by atoms with Crippen LogP contribution in [0.25, 0.3) is 0 Å². The van der Waals surface area contributed by atoms with Gasteiger partial charge in [-0.25, -0.2) is 4.98 Å². The summed E-state index contributed by atoms with van der Waals surface area (Å²) in [5.74, 6) is 1.63. The predicted octanol–water partition coefficient (Wildman–Crippen LogP) is 2.90. The molecule has 0 bridgehead atoms. The molecule has 2 aromatic rings. The number of hydrogen-bond donors (Lipinski definition) is 2. The number of aromatic nitrogens is 1. The van der Waals surface area contributed by atoms with Crippen LogP contribution < -0.4 is 15.8 Å². The minimum atomic E-state index is 0.143. The molecule has 5 heteroatoms. The predicted molar refractivity (Wildman–Crippen MR) is 85.2 cm³/mol. The summed E-state index contributed by atoms with van der Waals surface area (Å²) < 4.78 is 5.15. The van der Waals surface area contributed by atoms with Crippen LogP contribution in [-0.2, 0) is 0 Å². The molecule has 0 fully saturated rings. The topological polar surface area (TPSA) is 60.2 Å². The van der Waals surface area contributed by atoms with Gasteiger partial charge in [0.2, 0.25) is 0 Å². The molecule has 4 nitrogen and oxygen atoms in total. The van der Waals surface area contributed by atoms with E-state index in [4.69, 9.17) is 22.7 Å². The Labute approximate surface area is 124 Å². The fourth-order valence-electron chi connectivity index (χ4n) is 1.82. The highest BCUT2D eigenvalue weighted by Gasteiger charge is 2.06. The van der Waals surface area contributed by atoms with E-state index in [2.05, 4.69) is 17.2 Å². The van der Waals surface area contributed by atoms with Gasteiger partial charge in [0.15, 0.2) is 0 Å². The Morgan fingerprint density at radius 1 is 1.25 bits per heavy atom. The number of anilines is 1. The number of benzene rings is 1. The van der Waals surface area contributed by atoms with Crippen LogP contribution in [0.15, 0.2) is 42.6 Å². The molecule has 1 aromatic heterocycles. The first-order valence-electron chi connectivity index (χ1n) is 6.26. The molecule has 0 aliphatic heterocycles. The minimum absolute atomic E-state index is 0.143. The molecule has 104 valence electrons. The molecule has 0 amide bonds. The van der Waals surface area contributed by atoms with E-state index in [1.54, 1.807) is 13.3 Å². The molecule has 0 aliphatic rings. The molecule has 0 aliphatic carbocycles. The first-order chi connectivity index (χ1) is 9.60. The summed E-state index contributed by atoms with van der Waals surface area (Å²) in [7, 11) is 1.66. The van der Waals surface area contributed by atoms with Crippen molar-refractivity contribution in [1.82, 2.24) is 4.98 Å². The van der Waals surface area contributed by atoms with Crippen molar-refractivity contribution in [2.24, 2.45) is 5.73 Å². The average Bonchev–Trinajstić information content (AvgIpc) is 2.48. The van der Waals surface area contributed by atoms with Crippen LogP contribution in [0.3, 0.4) is 0 Å². The van der Waals surface area contributed by atoms with E-state index < -0.39 is 0 Å². The van der Waals surface area contributed by atoms with Crippen molar-refractivity contribution in [3.8, 4) is 5.75 Å². The van der Waals surface area contributed by atoms with Crippen molar-refractivity contribution in [2.45, 2.75) is 13.0 Å². The standard InChI is InChI=1S/C15H17N3OS/c1-10(11-3-6-13(19-2)7-4-11)18-14-8-5-12(9-17-14)15(16)20/h3-10H,1-2H3,(H2,16,20)(H,17,18). The van der Waals surface area contributed by atoms with E-state index in [1.807, 2.05) is 36.4 Å². The summed E-state index contributed by atoms with van der Waals surface area (Å²) in [6.07, 6.45) is 1.67. The van der Waals surface area contributed by atoms with Crippen LogP contribution in [0, 0.1) is 0 Å². The summed E-state index contributed by atoms with van der Waals surface area (Å²) in [5.41, 5.74) is 7.47. The smallest absolute Gasteiger partial charge is 0.126 e. The van der Waals surface area contributed by atoms with Gasteiger partial charge < -0.3 is 15.8 Å². The molecular weight excluding hydrogens is 270 g/mol. The van der Waals surface area contributed by atoms with Crippen LogP contribution >= 0.6 is 12.2 Å². The average molecular weight is 287 g/mol. The van der Waals surface area contributed by atoms with Crippen molar-refractivity contribution in [1.29, 1.82) is 0 Å². The lowest BCUT2D eigenvalue weighted by atomic mass is 10.1. The summed E-state index contributed by atoms with van der Waals surface area (Å²) in [6.45, 7) is 2.07. The summed E-state index contributed by atoms with van der Waals surface area (Å²) in [4.78, 5) is 4.65. The molecule has 1 unspecified atom stereocenters. The van der Waals surface area contributed by atoms with Crippen molar-refractivity contribution in [3.05, 3.63) is 53.7 Å². The molecular formula is C15H17N3OS. The van der Waals surface area contributed by atoms with E-state index in [-0.39, 0.29) is 6.04 Å². The zero-order chi connectivity index (χ0) is 14.5. The minimum Gasteiger partial charge on any atom is -0.497 e. The van der Waals surface area contributed by atoms with E-state index in [0.29, 0.717) is 4.99 Å². The van der Waals surface area contributed by atoms with Gasteiger partial charge in [-0.1, -0.05) is 24.4 Å². The quantitative estimate of drug-likeness (QED) is 0.828. The van der Waals surface area contributed by atoms with E-state index >= 15 is 0 Å². The summed E-state index contributed by atoms with van der Waals surface area (Å²) in [5, 5.41) is 3.33. The van der Waals surface area contributed by atoms with Gasteiger partial charge in [0.1, 0.15) is 16.6 Å². The monoisotopic (exact) mass is 287 g/mol. The second kappa shape index (κ2) is 6.34. The maximum Gasteiger partial charge on any atom is 0.126 e. The third-order valence-corrected chi connectivity index (χ3v) is 3.26. The normalized spacial score (nSPS) is 11.7. The van der Waals surface area contributed by atoms with Crippen molar-refractivity contribution < 1.29 is 4.74 Å². The molecule has 2 rings (SSSR count). The van der Waals surface area contributed by atoms with E-state index in [9.17, 15) is 0 Å². The van der Waals surface area contributed by atoms with Crippen LogP contribution in [-0.4, -0.2) is 17.1 Å². The Kier molecular flexibility index (Phi) is 4.53. The summed E-state index contributed by atoms with van der Waals surface area (Å²) >= 11 is 4.90. The lowest BCUT2D eigenvalue weighted by Gasteiger charge is -2.15. The maximum atomic E-state index is 5.54. The summed E-state index contributed by atoms with van der Waals surface area (Å²) in [6, 6.07) is 11.8. The maximum absolute atomic E-state index is 5.54. The number of nitrogens with zero attached hydrogens (tertiary/aromatic N) is 1. The number of ether oxygens (including phenoxy) is 1. The van der Waals surface area contributed by atoms with Gasteiger partial charge in [0, 0.05) is 17.8 Å². The molecule has 0 saturated heterocycles. The van der Waals surface area contributed by atoms with Crippen LogP contribution in [0.2, 0.25) is 0 Å². The highest BCUT2D eigenvalue weighted by atomic mass is 32.1. The third kappa shape index (κ3) is 3.45. The van der Waals surface area contributed by atoms with Gasteiger partial charge in [0.25, 0.3) is 0 Å². The second-order valence-electron chi connectivity index (χ2n) is 4.44. The van der Waals surface area contributed by atoms with Crippen LogP contribution in [0.5, 0.6) is 5.75 Å². The molecule has 1 atom stereocenters. The zero-order valence-electron chi connectivity index (χ0n) is 11.5.